The van der Waals surface area contributed by atoms with E-state index in [0.717, 1.165) is 5.56 Å². The number of nitrogens with one attached hydrogen (secondary N) is 1. The number of carbonyl (C=O) groups is 2. The van der Waals surface area contributed by atoms with Crippen LogP contribution in [0.25, 0.3) is 0 Å². The van der Waals surface area contributed by atoms with Gasteiger partial charge in [-0.25, -0.2) is 0 Å². The molecule has 7 heteroatoms. The minimum absolute atomic E-state index is 0.00288. The summed E-state index contributed by atoms with van der Waals surface area (Å²) >= 11 is 0. The van der Waals surface area contributed by atoms with Crippen molar-refractivity contribution in [2.75, 3.05) is 37.6 Å². The number of methoxy groups -OCH3 is 2. The predicted octanol–water partition coefficient (Wildman–Crippen LogP) is 3.92. The molecule has 0 aliphatic carbocycles. The van der Waals surface area contributed by atoms with Gasteiger partial charge in [0, 0.05) is 23.9 Å². The van der Waals surface area contributed by atoms with Crippen molar-refractivity contribution in [2.24, 2.45) is 0 Å². The molecular formula is C25H24N2O5. The highest BCUT2D eigenvalue weighted by Gasteiger charge is 2.26. The molecule has 0 fully saturated rings. The fraction of sp³-hybridized carbons (Fsp3) is 0.200. The molecule has 3 aromatic carbocycles. The molecular weight excluding hydrogens is 408 g/mol. The molecule has 1 aliphatic rings. The molecule has 0 spiro atoms. The Morgan fingerprint density at radius 1 is 1.00 bits per heavy atom. The second-order valence-electron chi connectivity index (χ2n) is 7.31. The van der Waals surface area contributed by atoms with Crippen LogP contribution >= 0.6 is 0 Å². The molecule has 0 unspecified atom stereocenters. The molecule has 32 heavy (non-hydrogen) atoms. The minimum atomic E-state index is -0.318. The SMILES string of the molecule is COc1cc(OC)cc(C(=O)Nc2ccc3c(c2)N(CCc2ccccc2)C(=O)CO3)c1. The van der Waals surface area contributed by atoms with Crippen LogP contribution in [0.15, 0.2) is 66.7 Å². The maximum absolute atomic E-state index is 12.8. The van der Waals surface area contributed by atoms with Crippen molar-refractivity contribution in [1.82, 2.24) is 0 Å². The van der Waals surface area contributed by atoms with Crippen LogP contribution in [0.4, 0.5) is 11.4 Å². The van der Waals surface area contributed by atoms with E-state index in [1.54, 1.807) is 41.3 Å². The number of nitrogens with zero attached hydrogens (tertiary/aromatic N) is 1. The first-order chi connectivity index (χ1) is 15.6. The van der Waals surface area contributed by atoms with Crippen molar-refractivity contribution < 1.29 is 23.8 Å². The van der Waals surface area contributed by atoms with Gasteiger partial charge in [0.1, 0.15) is 17.2 Å². The fourth-order valence-corrected chi connectivity index (χ4v) is 3.55. The zero-order valence-electron chi connectivity index (χ0n) is 18.0. The van der Waals surface area contributed by atoms with Crippen molar-refractivity contribution in [3.63, 3.8) is 0 Å². The van der Waals surface area contributed by atoms with Gasteiger partial charge in [-0.1, -0.05) is 30.3 Å². The minimum Gasteiger partial charge on any atom is -0.497 e. The highest BCUT2D eigenvalue weighted by molar-refractivity contribution is 6.06. The molecule has 1 heterocycles. The number of anilines is 2. The van der Waals surface area contributed by atoms with Gasteiger partial charge in [0.05, 0.1) is 19.9 Å². The molecule has 0 saturated heterocycles. The highest BCUT2D eigenvalue weighted by atomic mass is 16.5. The summed E-state index contributed by atoms with van der Waals surface area (Å²) in [7, 11) is 3.06. The van der Waals surface area contributed by atoms with E-state index in [0.29, 0.717) is 47.2 Å². The topological polar surface area (TPSA) is 77.1 Å². The fourth-order valence-electron chi connectivity index (χ4n) is 3.55. The van der Waals surface area contributed by atoms with E-state index in [9.17, 15) is 9.59 Å². The van der Waals surface area contributed by atoms with Crippen LogP contribution in [0.1, 0.15) is 15.9 Å². The molecule has 4 rings (SSSR count). The van der Waals surface area contributed by atoms with Crippen LogP contribution in [0.5, 0.6) is 17.2 Å². The molecule has 0 aromatic heterocycles. The third-order valence-corrected chi connectivity index (χ3v) is 5.24. The zero-order chi connectivity index (χ0) is 22.5. The van der Waals surface area contributed by atoms with Crippen molar-refractivity contribution in [1.29, 1.82) is 0 Å². The van der Waals surface area contributed by atoms with Gasteiger partial charge in [0.2, 0.25) is 0 Å². The second kappa shape index (κ2) is 9.43. The van der Waals surface area contributed by atoms with E-state index in [-0.39, 0.29) is 18.4 Å². The Labute approximate surface area is 186 Å². The Balaban J connectivity index is 1.55. The van der Waals surface area contributed by atoms with Crippen molar-refractivity contribution in [2.45, 2.75) is 6.42 Å². The summed E-state index contributed by atoms with van der Waals surface area (Å²) < 4.78 is 16.1. The summed E-state index contributed by atoms with van der Waals surface area (Å²) in [5.74, 6) is 1.21. The number of ether oxygens (including phenoxy) is 3. The number of fused-ring (bicyclic) bond motifs is 1. The molecule has 3 aromatic rings. The quantitative estimate of drug-likeness (QED) is 0.612. The predicted molar refractivity (Wildman–Crippen MR) is 122 cm³/mol. The monoisotopic (exact) mass is 432 g/mol. The summed E-state index contributed by atoms with van der Waals surface area (Å²) in [6.07, 6.45) is 0.714. The lowest BCUT2D eigenvalue weighted by Crippen LogP contribution is -2.40. The summed E-state index contributed by atoms with van der Waals surface area (Å²) in [4.78, 5) is 27.1. The summed E-state index contributed by atoms with van der Waals surface area (Å²) in [5.41, 5.74) is 2.73. The maximum Gasteiger partial charge on any atom is 0.265 e. The van der Waals surface area contributed by atoms with Crippen molar-refractivity contribution in [3.8, 4) is 17.2 Å². The van der Waals surface area contributed by atoms with Gasteiger partial charge in [-0.05, 0) is 42.3 Å². The molecule has 1 aliphatic heterocycles. The lowest BCUT2D eigenvalue weighted by Gasteiger charge is -2.30. The van der Waals surface area contributed by atoms with Gasteiger partial charge in [-0.3, -0.25) is 9.59 Å². The molecule has 0 saturated carbocycles. The Morgan fingerprint density at radius 3 is 2.41 bits per heavy atom. The molecule has 7 nitrogen and oxygen atoms in total. The van der Waals surface area contributed by atoms with Crippen LogP contribution < -0.4 is 24.4 Å². The van der Waals surface area contributed by atoms with Gasteiger partial charge in [-0.15, -0.1) is 0 Å². The molecule has 0 atom stereocenters. The first kappa shape index (κ1) is 21.2. The number of amides is 2. The average Bonchev–Trinajstić information content (AvgIpc) is 2.83. The second-order valence-corrected chi connectivity index (χ2v) is 7.31. The van der Waals surface area contributed by atoms with E-state index in [2.05, 4.69) is 5.32 Å². The number of hydrogen-bond acceptors (Lipinski definition) is 5. The average molecular weight is 432 g/mol. The first-order valence-electron chi connectivity index (χ1n) is 10.2. The molecule has 0 bridgehead atoms. The molecule has 0 radical (unpaired) electrons. The largest absolute Gasteiger partial charge is 0.497 e. The Bertz CT molecular complexity index is 1110. The normalized spacial score (nSPS) is 12.6. The summed E-state index contributed by atoms with van der Waals surface area (Å²) in [6.45, 7) is 0.515. The van der Waals surface area contributed by atoms with E-state index in [1.807, 2.05) is 30.3 Å². The van der Waals surface area contributed by atoms with Gasteiger partial charge in [0.25, 0.3) is 11.8 Å². The summed E-state index contributed by atoms with van der Waals surface area (Å²) in [5, 5.41) is 2.88. The van der Waals surface area contributed by atoms with E-state index < -0.39 is 0 Å². The lowest BCUT2D eigenvalue weighted by molar-refractivity contribution is -0.121. The van der Waals surface area contributed by atoms with E-state index in [1.165, 1.54) is 14.2 Å². The summed E-state index contributed by atoms with van der Waals surface area (Å²) in [6, 6.07) is 20.2. The van der Waals surface area contributed by atoms with Crippen LogP contribution in [-0.4, -0.2) is 39.2 Å². The first-order valence-corrected chi connectivity index (χ1v) is 10.2. The third-order valence-electron chi connectivity index (χ3n) is 5.24. The standard InChI is InChI=1S/C25H24N2O5/c1-30-20-12-18(13-21(15-20)31-2)25(29)26-19-8-9-23-22(14-19)27(24(28)16-32-23)11-10-17-6-4-3-5-7-17/h3-9,12-15H,10-11,16H2,1-2H3,(H,26,29). The number of hydrogen-bond donors (Lipinski definition) is 1. The highest BCUT2D eigenvalue weighted by Crippen LogP contribution is 2.35. The van der Waals surface area contributed by atoms with Gasteiger partial charge in [0.15, 0.2) is 6.61 Å². The number of benzene rings is 3. The molecule has 2 amide bonds. The third kappa shape index (κ3) is 4.67. The molecule has 164 valence electrons. The smallest absolute Gasteiger partial charge is 0.265 e. The lowest BCUT2D eigenvalue weighted by atomic mass is 10.1. The van der Waals surface area contributed by atoms with Crippen LogP contribution in [0, 0.1) is 0 Å². The van der Waals surface area contributed by atoms with Crippen LogP contribution in [0.3, 0.4) is 0 Å². The van der Waals surface area contributed by atoms with Gasteiger partial charge >= 0.3 is 0 Å². The molecule has 1 N–H and O–H groups in total. The van der Waals surface area contributed by atoms with Crippen LogP contribution in [0.2, 0.25) is 0 Å². The van der Waals surface area contributed by atoms with Gasteiger partial charge in [-0.2, -0.15) is 0 Å². The number of carbonyl (C=O) groups excluding carboxylic acids is 2. The van der Waals surface area contributed by atoms with Crippen molar-refractivity contribution >= 4 is 23.2 Å². The number of rotatable bonds is 7. The van der Waals surface area contributed by atoms with Gasteiger partial charge < -0.3 is 24.4 Å². The zero-order valence-corrected chi connectivity index (χ0v) is 18.0. The Kier molecular flexibility index (Phi) is 6.26. The van der Waals surface area contributed by atoms with E-state index >= 15 is 0 Å². The van der Waals surface area contributed by atoms with Crippen LogP contribution in [-0.2, 0) is 11.2 Å². The Morgan fingerprint density at radius 2 is 1.72 bits per heavy atom. The van der Waals surface area contributed by atoms with Crippen molar-refractivity contribution in [3.05, 3.63) is 77.9 Å². The maximum atomic E-state index is 12.8. The van der Waals surface area contributed by atoms with E-state index in [4.69, 9.17) is 14.2 Å². The Hall–Kier alpha value is -4.00.